The van der Waals surface area contributed by atoms with E-state index < -0.39 is 29.4 Å². The van der Waals surface area contributed by atoms with E-state index >= 15 is 0 Å². The number of rotatable bonds is 5. The normalized spacial score (nSPS) is 47.0. The molecule has 0 spiro atoms. The van der Waals surface area contributed by atoms with Crippen LogP contribution in [0.2, 0.25) is 0 Å². The molecular weight excluding hydrogens is 945 g/mol. The van der Waals surface area contributed by atoms with Gasteiger partial charge in [-0.05, 0) is 118 Å². The first-order valence-corrected chi connectivity index (χ1v) is 28.2. The molecular formula is C60H78O14. The molecule has 8 saturated heterocycles. The summed E-state index contributed by atoms with van der Waals surface area (Å²) in [6, 6.07) is 13.5. The van der Waals surface area contributed by atoms with Gasteiger partial charge in [0.2, 0.25) is 0 Å². The van der Waals surface area contributed by atoms with Crippen LogP contribution in [0, 0.1) is 11.8 Å². The lowest BCUT2D eigenvalue weighted by molar-refractivity contribution is -0.316. The quantitative estimate of drug-likeness (QED) is 0.224. The summed E-state index contributed by atoms with van der Waals surface area (Å²) in [5.41, 5.74) is 0.0785. The molecule has 0 aliphatic carbocycles. The smallest absolute Gasteiger partial charge is 0.338 e. The molecule has 0 bridgehead atoms. The number of hydrogen-bond acceptors (Lipinski definition) is 14. The molecule has 14 heteroatoms. The minimum absolute atomic E-state index is 0.0717. The molecule has 74 heavy (non-hydrogen) atoms. The van der Waals surface area contributed by atoms with Crippen molar-refractivity contribution in [1.82, 2.24) is 0 Å². The van der Waals surface area contributed by atoms with Crippen LogP contribution in [0.15, 0.2) is 78.9 Å². The van der Waals surface area contributed by atoms with Crippen molar-refractivity contribution in [3.8, 4) is 0 Å². The third kappa shape index (κ3) is 10.5. The molecule has 14 nitrogen and oxygen atoms in total. The lowest BCUT2D eigenvalue weighted by Crippen LogP contribution is -2.65. The zero-order chi connectivity index (χ0) is 50.9. The van der Waals surface area contributed by atoms with Crippen LogP contribution < -0.4 is 0 Å². The molecule has 10 heterocycles. The summed E-state index contributed by atoms with van der Waals surface area (Å²) < 4.78 is 74.5. The van der Waals surface area contributed by atoms with Crippen LogP contribution in [0.5, 0.6) is 0 Å². The lowest BCUT2D eigenvalue weighted by Gasteiger charge is -2.55. The zero-order valence-electron chi connectivity index (χ0n) is 43.7. The van der Waals surface area contributed by atoms with Gasteiger partial charge in [-0.25, -0.2) is 4.79 Å². The van der Waals surface area contributed by atoms with Crippen molar-refractivity contribution in [1.29, 1.82) is 0 Å². The van der Waals surface area contributed by atoms with Gasteiger partial charge >= 0.3 is 11.9 Å². The van der Waals surface area contributed by atoms with E-state index in [-0.39, 0.29) is 123 Å². The Labute approximate surface area is 436 Å². The van der Waals surface area contributed by atoms with Crippen LogP contribution in [-0.4, -0.2) is 145 Å². The molecule has 12 rings (SSSR count). The lowest BCUT2D eigenvalue weighted by atomic mass is 9.78. The first-order valence-electron chi connectivity index (χ1n) is 28.2. The Hall–Kier alpha value is -3.54. The van der Waals surface area contributed by atoms with Crippen molar-refractivity contribution in [3.05, 3.63) is 84.5 Å². The Balaban J connectivity index is 0.669. The van der Waals surface area contributed by atoms with Gasteiger partial charge in [0.15, 0.2) is 0 Å². The first kappa shape index (κ1) is 51.2. The van der Waals surface area contributed by atoms with Gasteiger partial charge in [0.1, 0.15) is 31.0 Å². The Morgan fingerprint density at radius 2 is 1.42 bits per heavy atom. The maximum absolute atomic E-state index is 13.0. The Morgan fingerprint density at radius 3 is 2.28 bits per heavy atom. The molecule has 10 aliphatic heterocycles. The van der Waals surface area contributed by atoms with Gasteiger partial charge < -0.3 is 57.2 Å². The molecule has 16 unspecified atom stereocenters. The third-order valence-corrected chi connectivity index (χ3v) is 18.4. The Bertz CT molecular complexity index is 2440. The Morgan fingerprint density at radius 1 is 0.676 bits per heavy atom. The first-order chi connectivity index (χ1) is 35.7. The maximum atomic E-state index is 13.0. The summed E-state index contributed by atoms with van der Waals surface area (Å²) in [4.78, 5) is 25.3. The van der Waals surface area contributed by atoms with E-state index in [1.165, 1.54) is 0 Å². The van der Waals surface area contributed by atoms with Crippen LogP contribution in [0.4, 0.5) is 0 Å². The summed E-state index contributed by atoms with van der Waals surface area (Å²) in [5, 5.41) is 13.6. The highest BCUT2D eigenvalue weighted by Gasteiger charge is 2.57. The number of aliphatic hydroxyl groups is 1. The van der Waals surface area contributed by atoms with E-state index in [0.717, 1.165) is 67.7 Å². The standard InChI is InChI=1S/C60H78O14/c1-33-23-46-49(29-55(62)70-46)69-54-28-48-50(74-59(54,4)30-33)24-35(3)56-45(67-48)15-9-8-14-41-42(71-56)16-10-18-44-43(66-41)17-11-19-53-60(5,73-44)31-52-47(68-53)27-51-57(72-52)40(61)26-39(65-51)22-34(2)32-64-58(63)38-21-20-36-12-6-7-13-37(36)25-38/h6-10,12-13,18,20-21,25,33,35,39-54,56-57,61H,2,11,14-17,19,22-24,26-32H2,1,3-5H3/b9-8-,18-10-/t33-,35+,39-,40+,41?,42?,43?,44?,45?,46?,47?,48?,49?,50?,51?,52?,53?,54?,56?,57?,59-,60+/m1/s1. The van der Waals surface area contributed by atoms with Crippen molar-refractivity contribution >= 4 is 22.7 Å². The highest BCUT2D eigenvalue weighted by atomic mass is 16.6. The van der Waals surface area contributed by atoms with Crippen LogP contribution in [0.1, 0.15) is 134 Å². The molecule has 2 aromatic carbocycles. The van der Waals surface area contributed by atoms with Crippen LogP contribution in [-0.2, 0) is 56.9 Å². The third-order valence-electron chi connectivity index (χ3n) is 18.4. The van der Waals surface area contributed by atoms with Crippen LogP contribution in [0.3, 0.4) is 0 Å². The molecule has 8 fully saturated rings. The van der Waals surface area contributed by atoms with E-state index in [2.05, 4.69) is 58.6 Å². The molecule has 0 aromatic heterocycles. The summed E-state index contributed by atoms with van der Waals surface area (Å²) in [5.74, 6) is -0.0830. The van der Waals surface area contributed by atoms with Gasteiger partial charge in [0, 0.05) is 25.7 Å². The van der Waals surface area contributed by atoms with E-state index in [0.29, 0.717) is 50.0 Å². The van der Waals surface area contributed by atoms with Gasteiger partial charge in [0.05, 0.1) is 109 Å². The SMILES string of the molecule is C=C(COC(=O)c1ccc2ccccc2c1)C[C@@H]1C[C@H](O)C2OC3C[C@]4(C)OC5/C=C\CC6OC7C(C/C=C\CC6OC5CCCC4OC3CC2O1)OC1CC2OC3CC(=O)OC3C[C@@H](C)C[C@@]2(C)OC1C[C@@H]7C. The Kier molecular flexibility index (Phi) is 14.5. The summed E-state index contributed by atoms with van der Waals surface area (Å²) >= 11 is 0. The molecule has 1 N–H and O–H groups in total. The van der Waals surface area contributed by atoms with Crippen molar-refractivity contribution in [2.24, 2.45) is 11.8 Å². The average molecular weight is 1020 g/mol. The highest BCUT2D eigenvalue weighted by Crippen LogP contribution is 2.49. The average Bonchev–Trinajstić information content (AvgIpc) is 3.67. The van der Waals surface area contributed by atoms with Crippen molar-refractivity contribution < 1.29 is 66.8 Å². The second-order valence-electron chi connectivity index (χ2n) is 24.3. The van der Waals surface area contributed by atoms with Crippen molar-refractivity contribution in [2.75, 3.05) is 6.61 Å². The monoisotopic (exact) mass is 1020 g/mol. The van der Waals surface area contributed by atoms with Crippen LogP contribution >= 0.6 is 0 Å². The molecule has 2 aromatic rings. The number of hydrogen-bond donors (Lipinski definition) is 1. The van der Waals surface area contributed by atoms with E-state index in [1.54, 1.807) is 6.07 Å². The maximum Gasteiger partial charge on any atom is 0.338 e. The number of esters is 2. The van der Waals surface area contributed by atoms with Gasteiger partial charge in [-0.1, -0.05) is 75.1 Å². The van der Waals surface area contributed by atoms with Crippen molar-refractivity contribution in [2.45, 2.75) is 245 Å². The van der Waals surface area contributed by atoms with E-state index in [1.807, 2.05) is 36.4 Å². The van der Waals surface area contributed by atoms with Gasteiger partial charge in [-0.15, -0.1) is 0 Å². The number of benzene rings is 2. The summed E-state index contributed by atoms with van der Waals surface area (Å²) in [6.07, 6.45) is 14.6. The highest BCUT2D eigenvalue weighted by molar-refractivity contribution is 5.95. The number of ether oxygens (including phenoxy) is 11. The fourth-order valence-electron chi connectivity index (χ4n) is 14.8. The van der Waals surface area contributed by atoms with Crippen molar-refractivity contribution in [3.63, 3.8) is 0 Å². The second-order valence-corrected chi connectivity index (χ2v) is 24.3. The molecule has 22 atom stereocenters. The molecule has 0 saturated carbocycles. The van der Waals surface area contributed by atoms with Gasteiger partial charge in [-0.2, -0.15) is 0 Å². The minimum atomic E-state index is -0.731. The second kappa shape index (κ2) is 21.0. The summed E-state index contributed by atoms with van der Waals surface area (Å²) in [7, 11) is 0. The van der Waals surface area contributed by atoms with Gasteiger partial charge in [-0.3, -0.25) is 4.79 Å². The zero-order valence-corrected chi connectivity index (χ0v) is 43.7. The van der Waals surface area contributed by atoms with E-state index in [4.69, 9.17) is 52.1 Å². The topological polar surface area (TPSA) is 156 Å². The number of carbonyl (C=O) groups is 2. The van der Waals surface area contributed by atoms with E-state index in [9.17, 15) is 14.7 Å². The molecule has 0 amide bonds. The largest absolute Gasteiger partial charge is 0.459 e. The molecule has 402 valence electrons. The fraction of sp³-hybridized carbons (Fsp3) is 0.700. The predicted molar refractivity (Wildman–Crippen MR) is 272 cm³/mol. The van der Waals surface area contributed by atoms with Gasteiger partial charge in [0.25, 0.3) is 0 Å². The molecule has 10 aliphatic rings. The number of carbonyl (C=O) groups excluding carboxylic acids is 2. The predicted octanol–water partition coefficient (Wildman–Crippen LogP) is 8.76. The molecule has 0 radical (unpaired) electrons. The minimum Gasteiger partial charge on any atom is -0.459 e. The number of aliphatic hydroxyl groups excluding tert-OH is 1. The summed E-state index contributed by atoms with van der Waals surface area (Å²) in [6.45, 7) is 13.2. The fourth-order valence-corrected chi connectivity index (χ4v) is 14.8. The van der Waals surface area contributed by atoms with Crippen LogP contribution in [0.25, 0.3) is 10.8 Å². The number of fused-ring (bicyclic) bond motifs is 10.